The quantitative estimate of drug-likeness (QED) is 0.701. The zero-order chi connectivity index (χ0) is 19.0. The predicted octanol–water partition coefficient (Wildman–Crippen LogP) is 3.14. The molecule has 142 valence electrons. The molecule has 1 saturated heterocycles. The van der Waals surface area contributed by atoms with Gasteiger partial charge in [0.05, 0.1) is 21.7 Å². The molecule has 4 rings (SSSR count). The number of benzene rings is 1. The summed E-state index contributed by atoms with van der Waals surface area (Å²) in [5.41, 5.74) is 0.636. The number of hydrogen-bond donors (Lipinski definition) is 1. The number of nitrogens with zero attached hydrogens (tertiary/aromatic N) is 2. The van der Waals surface area contributed by atoms with Crippen LogP contribution in [0.15, 0.2) is 39.6 Å². The lowest BCUT2D eigenvalue weighted by molar-refractivity contribution is 0.0993. The molecule has 0 unspecified atom stereocenters. The number of rotatable bonds is 5. The van der Waals surface area contributed by atoms with E-state index >= 15 is 0 Å². The second-order valence-corrected chi connectivity index (χ2v) is 9.67. The molecule has 7 nitrogen and oxygen atoms in total. The van der Waals surface area contributed by atoms with Gasteiger partial charge in [0, 0.05) is 6.26 Å². The topological polar surface area (TPSA) is 92.5 Å². The van der Waals surface area contributed by atoms with Gasteiger partial charge in [-0.1, -0.05) is 11.3 Å². The second-order valence-electron chi connectivity index (χ2n) is 6.62. The van der Waals surface area contributed by atoms with E-state index in [9.17, 15) is 13.2 Å². The average molecular weight is 406 g/mol. The molecule has 1 amide bonds. The molecular weight excluding hydrogens is 386 g/mol. The van der Waals surface area contributed by atoms with Crippen molar-refractivity contribution in [1.29, 1.82) is 0 Å². The number of amides is 1. The first-order valence-electron chi connectivity index (χ1n) is 8.61. The molecule has 3 aromatic rings. The third-order valence-electron chi connectivity index (χ3n) is 4.47. The van der Waals surface area contributed by atoms with Gasteiger partial charge in [-0.15, -0.1) is 0 Å². The maximum absolute atomic E-state index is 12.4. The molecule has 0 aliphatic carbocycles. The molecule has 0 bridgehead atoms. The third-order valence-corrected chi connectivity index (χ3v) is 6.52. The van der Waals surface area contributed by atoms with Crippen LogP contribution in [0.25, 0.3) is 10.2 Å². The van der Waals surface area contributed by atoms with Crippen molar-refractivity contribution in [2.45, 2.75) is 24.3 Å². The van der Waals surface area contributed by atoms with Gasteiger partial charge in [-0.2, -0.15) is 0 Å². The standard InChI is InChI=1S/C18H19N3O4S2/c1-27(23,24)13-5-6-14-16(10-13)26-18(19-14)20-17(22)15-7-4-12(25-15)11-21-8-2-3-9-21/h4-7,10H,2-3,8-9,11H2,1H3,(H,19,20,22). The van der Waals surface area contributed by atoms with Crippen molar-refractivity contribution in [3.8, 4) is 0 Å². The average Bonchev–Trinajstić information content (AvgIpc) is 3.33. The minimum Gasteiger partial charge on any atom is -0.455 e. The maximum atomic E-state index is 12.4. The first-order chi connectivity index (χ1) is 12.9. The highest BCUT2D eigenvalue weighted by Crippen LogP contribution is 2.28. The SMILES string of the molecule is CS(=O)(=O)c1ccc2nc(NC(=O)c3ccc(CN4CCCC4)o3)sc2c1. The van der Waals surface area contributed by atoms with Crippen molar-refractivity contribution in [3.63, 3.8) is 0 Å². The highest BCUT2D eigenvalue weighted by molar-refractivity contribution is 7.90. The first kappa shape index (κ1) is 18.1. The summed E-state index contributed by atoms with van der Waals surface area (Å²) in [6, 6.07) is 8.21. The number of fused-ring (bicyclic) bond motifs is 1. The number of likely N-dealkylation sites (tertiary alicyclic amines) is 1. The number of carbonyl (C=O) groups excluding carboxylic acids is 1. The molecule has 1 aromatic carbocycles. The Hall–Kier alpha value is -2.23. The van der Waals surface area contributed by atoms with E-state index in [0.29, 0.717) is 21.9 Å². The van der Waals surface area contributed by atoms with E-state index in [0.717, 1.165) is 25.1 Å². The molecule has 0 atom stereocenters. The lowest BCUT2D eigenvalue weighted by Crippen LogP contribution is -2.18. The predicted molar refractivity (Wildman–Crippen MR) is 104 cm³/mol. The minimum atomic E-state index is -3.29. The Balaban J connectivity index is 1.48. The maximum Gasteiger partial charge on any atom is 0.293 e. The van der Waals surface area contributed by atoms with Crippen LogP contribution in [0.5, 0.6) is 0 Å². The number of sulfone groups is 1. The molecule has 27 heavy (non-hydrogen) atoms. The summed E-state index contributed by atoms with van der Waals surface area (Å²) in [5, 5.41) is 3.13. The van der Waals surface area contributed by atoms with E-state index in [1.165, 1.54) is 30.2 Å². The molecule has 0 radical (unpaired) electrons. The number of thiazole rings is 1. The summed E-state index contributed by atoms with van der Waals surface area (Å²) in [4.78, 5) is 19.3. The molecule has 0 saturated carbocycles. The van der Waals surface area contributed by atoms with E-state index < -0.39 is 9.84 Å². The molecule has 3 heterocycles. The fraction of sp³-hybridized carbons (Fsp3) is 0.333. The highest BCUT2D eigenvalue weighted by atomic mass is 32.2. The molecule has 1 N–H and O–H groups in total. The first-order valence-corrected chi connectivity index (χ1v) is 11.3. The van der Waals surface area contributed by atoms with Crippen molar-refractivity contribution < 1.29 is 17.6 Å². The summed E-state index contributed by atoms with van der Waals surface area (Å²) < 4.78 is 29.7. The monoisotopic (exact) mass is 405 g/mol. The van der Waals surface area contributed by atoms with Crippen LogP contribution >= 0.6 is 11.3 Å². The Kier molecular flexibility index (Phi) is 4.75. The van der Waals surface area contributed by atoms with Crippen LogP contribution in [-0.4, -0.2) is 43.6 Å². The van der Waals surface area contributed by atoms with Gasteiger partial charge >= 0.3 is 0 Å². The summed E-state index contributed by atoms with van der Waals surface area (Å²) in [7, 11) is -3.29. The Morgan fingerprint density at radius 2 is 2.04 bits per heavy atom. The number of aromatic nitrogens is 1. The summed E-state index contributed by atoms with van der Waals surface area (Å²) >= 11 is 1.23. The zero-order valence-electron chi connectivity index (χ0n) is 14.8. The van der Waals surface area contributed by atoms with Gasteiger partial charge in [0.1, 0.15) is 5.76 Å². The van der Waals surface area contributed by atoms with Crippen LogP contribution in [0.2, 0.25) is 0 Å². The van der Waals surface area contributed by atoms with Crippen LogP contribution in [-0.2, 0) is 16.4 Å². The van der Waals surface area contributed by atoms with E-state index in [1.54, 1.807) is 18.2 Å². The molecule has 1 aliphatic rings. The van der Waals surface area contributed by atoms with Gasteiger partial charge < -0.3 is 4.42 Å². The number of hydrogen-bond acceptors (Lipinski definition) is 7. The smallest absolute Gasteiger partial charge is 0.293 e. The van der Waals surface area contributed by atoms with Gasteiger partial charge in [-0.25, -0.2) is 13.4 Å². The van der Waals surface area contributed by atoms with Gasteiger partial charge in [-0.05, 0) is 56.3 Å². The summed E-state index contributed by atoms with van der Waals surface area (Å²) in [6.07, 6.45) is 3.56. The lowest BCUT2D eigenvalue weighted by Gasteiger charge is -2.11. The Bertz CT molecular complexity index is 1090. The van der Waals surface area contributed by atoms with E-state index in [2.05, 4.69) is 15.2 Å². The van der Waals surface area contributed by atoms with Crippen molar-refractivity contribution in [3.05, 3.63) is 41.9 Å². The Morgan fingerprint density at radius 1 is 1.26 bits per heavy atom. The van der Waals surface area contributed by atoms with Crippen LogP contribution in [0.1, 0.15) is 29.2 Å². The lowest BCUT2D eigenvalue weighted by atomic mass is 10.3. The Labute approximate surface area is 160 Å². The molecule has 0 spiro atoms. The Morgan fingerprint density at radius 3 is 2.78 bits per heavy atom. The summed E-state index contributed by atoms with van der Waals surface area (Å²) in [6.45, 7) is 2.83. The van der Waals surface area contributed by atoms with Crippen molar-refractivity contribution in [2.75, 3.05) is 24.7 Å². The molecule has 9 heteroatoms. The number of carbonyl (C=O) groups is 1. The minimum absolute atomic E-state index is 0.231. The van der Waals surface area contributed by atoms with Gasteiger partial charge in [0.25, 0.3) is 5.91 Å². The zero-order valence-corrected chi connectivity index (χ0v) is 16.4. The molecule has 1 fully saturated rings. The second kappa shape index (κ2) is 7.06. The van der Waals surface area contributed by atoms with Crippen molar-refractivity contribution in [2.24, 2.45) is 0 Å². The fourth-order valence-electron chi connectivity index (χ4n) is 3.09. The van der Waals surface area contributed by atoms with Crippen molar-refractivity contribution >= 4 is 42.4 Å². The van der Waals surface area contributed by atoms with Crippen LogP contribution in [0.3, 0.4) is 0 Å². The van der Waals surface area contributed by atoms with Crippen molar-refractivity contribution in [1.82, 2.24) is 9.88 Å². The number of anilines is 1. The fourth-order valence-corrected chi connectivity index (χ4v) is 4.72. The summed E-state index contributed by atoms with van der Waals surface area (Å²) in [5.74, 6) is 0.634. The highest BCUT2D eigenvalue weighted by Gasteiger charge is 2.18. The number of furan rings is 1. The normalized spacial score (nSPS) is 15.4. The van der Waals surface area contributed by atoms with E-state index in [1.807, 2.05) is 6.07 Å². The number of nitrogens with one attached hydrogen (secondary N) is 1. The van der Waals surface area contributed by atoms with E-state index in [-0.39, 0.29) is 16.6 Å². The van der Waals surface area contributed by atoms with Gasteiger partial charge in [0.2, 0.25) is 0 Å². The largest absolute Gasteiger partial charge is 0.455 e. The van der Waals surface area contributed by atoms with Crippen LogP contribution < -0.4 is 5.32 Å². The van der Waals surface area contributed by atoms with Gasteiger partial charge in [-0.3, -0.25) is 15.0 Å². The molecule has 2 aromatic heterocycles. The van der Waals surface area contributed by atoms with Gasteiger partial charge in [0.15, 0.2) is 20.7 Å². The molecule has 1 aliphatic heterocycles. The van der Waals surface area contributed by atoms with Crippen LogP contribution in [0.4, 0.5) is 5.13 Å². The van der Waals surface area contributed by atoms with E-state index in [4.69, 9.17) is 4.42 Å². The third kappa shape index (κ3) is 4.05. The van der Waals surface area contributed by atoms with Crippen LogP contribution in [0, 0.1) is 0 Å². The molecular formula is C18H19N3O4S2.